The van der Waals surface area contributed by atoms with Crippen LogP contribution in [-0.4, -0.2) is 44.4 Å². The molecule has 0 radical (unpaired) electrons. The third-order valence-corrected chi connectivity index (χ3v) is 6.44. The molecular formula is C20H27N7O2S. The molecule has 3 aromatic rings. The Kier molecular flexibility index (Phi) is 6.66. The number of aryl methyl sites for hydroxylation is 1. The molecule has 160 valence electrons. The molecule has 3 heterocycles. The van der Waals surface area contributed by atoms with Gasteiger partial charge in [-0.3, -0.25) is 0 Å². The molecule has 1 aliphatic rings. The predicted molar refractivity (Wildman–Crippen MR) is 118 cm³/mol. The van der Waals surface area contributed by atoms with Gasteiger partial charge in [0.2, 0.25) is 0 Å². The lowest BCUT2D eigenvalue weighted by atomic mass is 10.2. The van der Waals surface area contributed by atoms with Gasteiger partial charge in [0.25, 0.3) is 10.0 Å². The van der Waals surface area contributed by atoms with Crippen molar-refractivity contribution in [1.29, 1.82) is 0 Å². The molecule has 1 saturated carbocycles. The summed E-state index contributed by atoms with van der Waals surface area (Å²) >= 11 is 0. The minimum Gasteiger partial charge on any atom is -0.385 e. The first-order valence-corrected chi connectivity index (χ1v) is 11.6. The zero-order chi connectivity index (χ0) is 21.7. The standard InChI is InChI=1S/C18H21N7O2S.C2H6/c1-3-19-15-8-17(21-9-12(15)2)23-16-6-7-20-18(24-16)13-10-22-25(11-13)28(26,27)14-4-5-14;1-2/h6-11,14H,3-5H2,1-2H3,(H2,19,20,21,23,24);1-2H3. The summed E-state index contributed by atoms with van der Waals surface area (Å²) in [6.45, 7) is 8.84. The number of anilines is 3. The molecule has 2 N–H and O–H groups in total. The zero-order valence-corrected chi connectivity index (χ0v) is 18.4. The third-order valence-electron chi connectivity index (χ3n) is 4.41. The largest absolute Gasteiger partial charge is 0.385 e. The second-order valence-corrected chi connectivity index (χ2v) is 8.72. The highest BCUT2D eigenvalue weighted by atomic mass is 32.2. The van der Waals surface area contributed by atoms with Crippen LogP contribution < -0.4 is 10.6 Å². The molecule has 0 bridgehead atoms. The van der Waals surface area contributed by atoms with Crippen molar-refractivity contribution in [1.82, 2.24) is 24.1 Å². The van der Waals surface area contributed by atoms with Crippen LogP contribution in [0.4, 0.5) is 17.3 Å². The van der Waals surface area contributed by atoms with Crippen LogP contribution in [-0.2, 0) is 10.0 Å². The molecule has 1 fully saturated rings. The van der Waals surface area contributed by atoms with Gasteiger partial charge in [0.1, 0.15) is 11.6 Å². The molecule has 0 aromatic carbocycles. The molecule has 1 aliphatic carbocycles. The van der Waals surface area contributed by atoms with Crippen molar-refractivity contribution < 1.29 is 8.42 Å². The predicted octanol–water partition coefficient (Wildman–Crippen LogP) is 3.59. The van der Waals surface area contributed by atoms with E-state index in [1.54, 1.807) is 18.5 Å². The Bertz CT molecular complexity index is 1110. The molecular weight excluding hydrogens is 402 g/mol. The fourth-order valence-corrected chi connectivity index (χ4v) is 4.23. The molecule has 0 atom stereocenters. The Balaban J connectivity index is 0.00000124. The topological polar surface area (TPSA) is 115 Å². The Morgan fingerprint density at radius 1 is 1.17 bits per heavy atom. The van der Waals surface area contributed by atoms with Crippen molar-refractivity contribution in [3.05, 3.63) is 42.5 Å². The average Bonchev–Trinajstić information content (AvgIpc) is 3.50. The van der Waals surface area contributed by atoms with E-state index in [1.165, 1.54) is 12.4 Å². The monoisotopic (exact) mass is 429 g/mol. The van der Waals surface area contributed by atoms with Gasteiger partial charge in [0.05, 0.1) is 23.2 Å². The molecule has 30 heavy (non-hydrogen) atoms. The van der Waals surface area contributed by atoms with Crippen molar-refractivity contribution in [2.24, 2.45) is 0 Å². The van der Waals surface area contributed by atoms with Crippen molar-refractivity contribution in [3.63, 3.8) is 0 Å². The first-order valence-electron chi connectivity index (χ1n) is 10.1. The number of aromatic nitrogens is 5. The summed E-state index contributed by atoms with van der Waals surface area (Å²) in [5.74, 6) is 1.60. The van der Waals surface area contributed by atoms with Crippen molar-refractivity contribution in [3.8, 4) is 11.4 Å². The summed E-state index contributed by atoms with van der Waals surface area (Å²) in [6.07, 6.45) is 7.69. The molecule has 0 spiro atoms. The summed E-state index contributed by atoms with van der Waals surface area (Å²) in [5, 5.41) is 10.1. The molecule has 0 saturated heterocycles. The smallest absolute Gasteiger partial charge is 0.256 e. The Hall–Kier alpha value is -3.01. The summed E-state index contributed by atoms with van der Waals surface area (Å²) in [4.78, 5) is 13.1. The van der Waals surface area contributed by atoms with Gasteiger partial charge >= 0.3 is 0 Å². The number of nitrogens with one attached hydrogen (secondary N) is 2. The van der Waals surface area contributed by atoms with E-state index in [0.29, 0.717) is 35.9 Å². The molecule has 10 heteroatoms. The van der Waals surface area contributed by atoms with Gasteiger partial charge in [-0.1, -0.05) is 13.8 Å². The normalized spacial score (nSPS) is 13.3. The minimum atomic E-state index is -3.41. The van der Waals surface area contributed by atoms with Crippen LogP contribution in [0.2, 0.25) is 0 Å². The first kappa shape index (κ1) is 21.7. The van der Waals surface area contributed by atoms with Gasteiger partial charge in [0, 0.05) is 30.7 Å². The van der Waals surface area contributed by atoms with Crippen LogP contribution >= 0.6 is 0 Å². The second kappa shape index (κ2) is 9.21. The summed E-state index contributed by atoms with van der Waals surface area (Å²) < 4.78 is 25.6. The highest BCUT2D eigenvalue weighted by molar-refractivity contribution is 7.90. The van der Waals surface area contributed by atoms with Gasteiger partial charge in [-0.2, -0.15) is 9.19 Å². The van der Waals surface area contributed by atoms with E-state index in [0.717, 1.165) is 21.9 Å². The van der Waals surface area contributed by atoms with E-state index in [4.69, 9.17) is 0 Å². The minimum absolute atomic E-state index is 0.326. The van der Waals surface area contributed by atoms with Gasteiger partial charge < -0.3 is 10.6 Å². The van der Waals surface area contributed by atoms with Crippen molar-refractivity contribution in [2.75, 3.05) is 17.2 Å². The number of hydrogen-bond donors (Lipinski definition) is 2. The van der Waals surface area contributed by atoms with E-state index in [-0.39, 0.29) is 5.25 Å². The zero-order valence-electron chi connectivity index (χ0n) is 17.6. The number of hydrogen-bond acceptors (Lipinski definition) is 8. The lowest BCUT2D eigenvalue weighted by Crippen LogP contribution is -2.17. The molecule has 4 rings (SSSR count). The molecule has 0 amide bonds. The Labute approximate surface area is 177 Å². The summed E-state index contributed by atoms with van der Waals surface area (Å²) in [7, 11) is -3.41. The van der Waals surface area contributed by atoms with E-state index in [1.807, 2.05) is 33.8 Å². The SMILES string of the molecule is CC.CCNc1cc(Nc2ccnc(-c3cnn(S(=O)(=O)C4CC4)c3)n2)ncc1C. The number of rotatable bonds is 7. The average molecular weight is 430 g/mol. The third kappa shape index (κ3) is 4.76. The van der Waals surface area contributed by atoms with Crippen LogP contribution in [0, 0.1) is 6.92 Å². The first-order chi connectivity index (χ1) is 14.5. The second-order valence-electron chi connectivity index (χ2n) is 6.65. The van der Waals surface area contributed by atoms with Crippen molar-refractivity contribution in [2.45, 2.75) is 45.8 Å². The maximum atomic E-state index is 12.3. The lowest BCUT2D eigenvalue weighted by Gasteiger charge is -2.10. The lowest BCUT2D eigenvalue weighted by molar-refractivity contribution is 0.578. The van der Waals surface area contributed by atoms with E-state index in [9.17, 15) is 8.42 Å². The molecule has 0 aliphatic heterocycles. The fraction of sp³-hybridized carbons (Fsp3) is 0.400. The Morgan fingerprint density at radius 3 is 2.63 bits per heavy atom. The van der Waals surface area contributed by atoms with Crippen LogP contribution in [0.15, 0.2) is 36.9 Å². The summed E-state index contributed by atoms with van der Waals surface area (Å²) in [5.41, 5.74) is 2.60. The van der Waals surface area contributed by atoms with E-state index >= 15 is 0 Å². The molecule has 0 unspecified atom stereocenters. The van der Waals surface area contributed by atoms with Crippen LogP contribution in [0.3, 0.4) is 0 Å². The van der Waals surface area contributed by atoms with Crippen LogP contribution in [0.25, 0.3) is 11.4 Å². The fourth-order valence-electron chi connectivity index (χ4n) is 2.75. The quantitative estimate of drug-likeness (QED) is 0.586. The van der Waals surface area contributed by atoms with Crippen LogP contribution in [0.1, 0.15) is 39.2 Å². The molecule has 3 aromatic heterocycles. The van der Waals surface area contributed by atoms with Crippen molar-refractivity contribution >= 4 is 27.3 Å². The number of pyridine rings is 1. The maximum absolute atomic E-state index is 12.3. The van der Waals surface area contributed by atoms with E-state index in [2.05, 4.69) is 30.7 Å². The summed E-state index contributed by atoms with van der Waals surface area (Å²) in [6, 6.07) is 3.64. The van der Waals surface area contributed by atoms with E-state index < -0.39 is 10.0 Å². The van der Waals surface area contributed by atoms with Gasteiger partial charge in [-0.05, 0) is 38.3 Å². The molecule has 9 nitrogen and oxygen atoms in total. The number of nitrogens with zero attached hydrogens (tertiary/aromatic N) is 5. The van der Waals surface area contributed by atoms with Crippen LogP contribution in [0.5, 0.6) is 0 Å². The van der Waals surface area contributed by atoms with Gasteiger partial charge in [0.15, 0.2) is 5.82 Å². The highest BCUT2D eigenvalue weighted by Gasteiger charge is 2.37. The maximum Gasteiger partial charge on any atom is 0.256 e. The van der Waals surface area contributed by atoms with Gasteiger partial charge in [-0.15, -0.1) is 0 Å². The van der Waals surface area contributed by atoms with Gasteiger partial charge in [-0.25, -0.2) is 23.4 Å². The highest BCUT2D eigenvalue weighted by Crippen LogP contribution is 2.30. The Morgan fingerprint density at radius 2 is 1.93 bits per heavy atom.